The van der Waals surface area contributed by atoms with E-state index in [4.69, 9.17) is 21.7 Å². The number of thiocarbonyl (C=S) groups is 1. The smallest absolute Gasteiger partial charge is 0.185 e. The number of hydrazine groups is 1. The lowest BCUT2D eigenvalue weighted by molar-refractivity contribution is 0.114. The third-order valence-electron chi connectivity index (χ3n) is 2.90. The van der Waals surface area contributed by atoms with E-state index in [-0.39, 0.29) is 6.10 Å². The highest BCUT2D eigenvalue weighted by molar-refractivity contribution is 7.80. The van der Waals surface area contributed by atoms with Crippen molar-refractivity contribution in [1.29, 1.82) is 0 Å². The maximum atomic E-state index is 5.51. The van der Waals surface area contributed by atoms with Gasteiger partial charge in [0.15, 0.2) is 5.11 Å². The first-order chi connectivity index (χ1) is 9.28. The molecule has 1 aliphatic rings. The summed E-state index contributed by atoms with van der Waals surface area (Å²) in [4.78, 5) is 0. The largest absolute Gasteiger partial charge is 0.497 e. The van der Waals surface area contributed by atoms with Crippen LogP contribution in [0.5, 0.6) is 5.75 Å². The van der Waals surface area contributed by atoms with Gasteiger partial charge in [0.25, 0.3) is 0 Å². The molecule has 1 heterocycles. The van der Waals surface area contributed by atoms with Crippen molar-refractivity contribution in [3.05, 3.63) is 24.3 Å². The molecule has 5 nitrogen and oxygen atoms in total. The van der Waals surface area contributed by atoms with E-state index in [0.717, 1.165) is 37.4 Å². The van der Waals surface area contributed by atoms with Crippen LogP contribution in [0.25, 0.3) is 0 Å². The Bertz CT molecular complexity index is 422. The minimum absolute atomic E-state index is 0.275. The van der Waals surface area contributed by atoms with Gasteiger partial charge in [-0.2, -0.15) is 0 Å². The van der Waals surface area contributed by atoms with E-state index >= 15 is 0 Å². The molecule has 0 spiro atoms. The average molecular weight is 281 g/mol. The molecule has 1 saturated heterocycles. The van der Waals surface area contributed by atoms with Crippen LogP contribution in [0.1, 0.15) is 12.8 Å². The van der Waals surface area contributed by atoms with E-state index in [9.17, 15) is 0 Å². The van der Waals surface area contributed by atoms with E-state index < -0.39 is 0 Å². The monoisotopic (exact) mass is 281 g/mol. The second-order valence-corrected chi connectivity index (χ2v) is 4.74. The van der Waals surface area contributed by atoms with Crippen molar-refractivity contribution < 1.29 is 9.47 Å². The summed E-state index contributed by atoms with van der Waals surface area (Å²) in [5.74, 6) is 0.796. The predicted molar refractivity (Wildman–Crippen MR) is 79.3 cm³/mol. The Morgan fingerprint density at radius 2 is 2.42 bits per heavy atom. The molecule has 0 amide bonds. The molecule has 0 unspecified atom stereocenters. The number of rotatable bonds is 5. The molecule has 3 N–H and O–H groups in total. The Labute approximate surface area is 118 Å². The van der Waals surface area contributed by atoms with Crippen LogP contribution in [-0.2, 0) is 4.74 Å². The predicted octanol–water partition coefficient (Wildman–Crippen LogP) is 1.67. The lowest BCUT2D eigenvalue weighted by Crippen LogP contribution is -2.41. The molecule has 0 saturated carbocycles. The van der Waals surface area contributed by atoms with Crippen molar-refractivity contribution in [2.45, 2.75) is 18.9 Å². The van der Waals surface area contributed by atoms with E-state index in [1.807, 2.05) is 24.3 Å². The highest BCUT2D eigenvalue weighted by Gasteiger charge is 2.15. The van der Waals surface area contributed by atoms with Crippen molar-refractivity contribution in [2.24, 2.45) is 0 Å². The van der Waals surface area contributed by atoms with Crippen LogP contribution in [0.15, 0.2) is 24.3 Å². The summed E-state index contributed by atoms with van der Waals surface area (Å²) in [5.41, 5.74) is 6.84. The number of ether oxygens (including phenoxy) is 2. The van der Waals surface area contributed by atoms with Crippen LogP contribution in [0.2, 0.25) is 0 Å². The van der Waals surface area contributed by atoms with Crippen molar-refractivity contribution in [1.82, 2.24) is 10.7 Å². The molecule has 104 valence electrons. The van der Waals surface area contributed by atoms with Gasteiger partial charge in [-0.1, -0.05) is 6.07 Å². The average Bonchev–Trinajstić information content (AvgIpc) is 2.96. The Hall–Kier alpha value is -1.53. The molecule has 6 heteroatoms. The molecule has 1 atom stereocenters. The van der Waals surface area contributed by atoms with Crippen LogP contribution in [-0.4, -0.2) is 31.5 Å². The van der Waals surface area contributed by atoms with E-state index in [1.165, 1.54) is 0 Å². The van der Waals surface area contributed by atoms with Gasteiger partial charge in [-0.05, 0) is 37.2 Å². The zero-order chi connectivity index (χ0) is 13.5. The normalized spacial score (nSPS) is 17.8. The number of benzene rings is 1. The molecule has 2 rings (SSSR count). The number of anilines is 1. The fraction of sp³-hybridized carbons (Fsp3) is 0.462. The highest BCUT2D eigenvalue weighted by atomic mass is 32.1. The van der Waals surface area contributed by atoms with Crippen molar-refractivity contribution in [3.8, 4) is 5.75 Å². The quantitative estimate of drug-likeness (QED) is 0.564. The molecule has 1 aromatic carbocycles. The summed E-state index contributed by atoms with van der Waals surface area (Å²) in [7, 11) is 1.64. The fourth-order valence-electron chi connectivity index (χ4n) is 1.89. The third kappa shape index (κ3) is 4.57. The fourth-order valence-corrected chi connectivity index (χ4v) is 2.02. The highest BCUT2D eigenvalue weighted by Crippen LogP contribution is 2.15. The van der Waals surface area contributed by atoms with Crippen LogP contribution in [0.4, 0.5) is 5.69 Å². The van der Waals surface area contributed by atoms with Crippen molar-refractivity contribution in [3.63, 3.8) is 0 Å². The van der Waals surface area contributed by atoms with E-state index in [0.29, 0.717) is 5.11 Å². The molecule has 0 bridgehead atoms. The number of nitrogens with one attached hydrogen (secondary N) is 3. The summed E-state index contributed by atoms with van der Waals surface area (Å²) < 4.78 is 10.7. The Morgan fingerprint density at radius 3 is 3.16 bits per heavy atom. The molecular weight excluding hydrogens is 262 g/mol. The molecular formula is C13H19N3O2S. The molecule has 1 fully saturated rings. The minimum atomic E-state index is 0.275. The maximum Gasteiger partial charge on any atom is 0.185 e. The minimum Gasteiger partial charge on any atom is -0.497 e. The standard InChI is InChI=1S/C13H19N3O2S/c1-17-11-5-2-4-10(8-11)15-16-13(19)14-9-12-6-3-7-18-12/h2,4-5,8,12,15H,3,6-7,9H2,1H3,(H2,14,16,19)/t12-/m1/s1. The summed E-state index contributed by atoms with van der Waals surface area (Å²) in [6.07, 6.45) is 2.50. The first-order valence-electron chi connectivity index (χ1n) is 6.33. The van der Waals surface area contributed by atoms with E-state index in [2.05, 4.69) is 16.2 Å². The van der Waals surface area contributed by atoms with Gasteiger partial charge in [-0.3, -0.25) is 10.9 Å². The molecule has 1 aromatic rings. The number of hydrogen-bond donors (Lipinski definition) is 3. The summed E-state index contributed by atoms with van der Waals surface area (Å²) in [6, 6.07) is 7.61. The van der Waals surface area contributed by atoms with Gasteiger partial charge in [0.2, 0.25) is 0 Å². The number of hydrogen-bond acceptors (Lipinski definition) is 4. The molecule has 0 radical (unpaired) electrons. The van der Waals surface area contributed by atoms with Gasteiger partial charge in [0, 0.05) is 19.2 Å². The zero-order valence-electron chi connectivity index (χ0n) is 10.9. The lowest BCUT2D eigenvalue weighted by atomic mass is 10.2. The van der Waals surface area contributed by atoms with Gasteiger partial charge >= 0.3 is 0 Å². The Morgan fingerprint density at radius 1 is 1.53 bits per heavy atom. The van der Waals surface area contributed by atoms with Crippen LogP contribution in [0.3, 0.4) is 0 Å². The van der Waals surface area contributed by atoms with Crippen LogP contribution < -0.4 is 20.9 Å². The van der Waals surface area contributed by atoms with Gasteiger partial charge in [-0.15, -0.1) is 0 Å². The van der Waals surface area contributed by atoms with Crippen LogP contribution >= 0.6 is 12.2 Å². The second kappa shape index (κ2) is 7.16. The maximum absolute atomic E-state index is 5.51. The SMILES string of the molecule is COc1cccc(NNC(=S)NC[C@H]2CCCO2)c1. The third-order valence-corrected chi connectivity index (χ3v) is 3.15. The first kappa shape index (κ1) is 13.9. The lowest BCUT2D eigenvalue weighted by Gasteiger charge is -2.15. The first-order valence-corrected chi connectivity index (χ1v) is 6.74. The zero-order valence-corrected chi connectivity index (χ0v) is 11.8. The van der Waals surface area contributed by atoms with Gasteiger partial charge in [0.1, 0.15) is 5.75 Å². The van der Waals surface area contributed by atoms with Gasteiger partial charge < -0.3 is 14.8 Å². The van der Waals surface area contributed by atoms with Crippen molar-refractivity contribution in [2.75, 3.05) is 25.7 Å². The Kier molecular flexibility index (Phi) is 5.23. The Balaban J connectivity index is 1.70. The summed E-state index contributed by atoms with van der Waals surface area (Å²) in [5, 5.41) is 3.68. The van der Waals surface area contributed by atoms with Crippen LogP contribution in [0, 0.1) is 0 Å². The summed E-state index contributed by atoms with van der Waals surface area (Å²) in [6.45, 7) is 1.60. The molecule has 19 heavy (non-hydrogen) atoms. The van der Waals surface area contributed by atoms with Gasteiger partial charge in [0.05, 0.1) is 18.9 Å². The van der Waals surface area contributed by atoms with Crippen molar-refractivity contribution >= 4 is 23.0 Å². The molecule has 0 aromatic heterocycles. The number of methoxy groups -OCH3 is 1. The van der Waals surface area contributed by atoms with Gasteiger partial charge in [-0.25, -0.2) is 0 Å². The second-order valence-electron chi connectivity index (χ2n) is 4.33. The molecule has 1 aliphatic heterocycles. The summed E-state index contributed by atoms with van der Waals surface area (Å²) >= 11 is 5.18. The topological polar surface area (TPSA) is 54.5 Å². The van der Waals surface area contributed by atoms with E-state index in [1.54, 1.807) is 7.11 Å². The molecule has 0 aliphatic carbocycles.